The second kappa shape index (κ2) is 7.87. The Morgan fingerprint density at radius 3 is 2.66 bits per heavy atom. The molecule has 1 saturated heterocycles. The number of carbonyl (C=O) groups is 3. The van der Waals surface area contributed by atoms with Gasteiger partial charge in [0.2, 0.25) is 5.91 Å². The van der Waals surface area contributed by atoms with E-state index in [2.05, 4.69) is 0 Å². The normalized spacial score (nSPS) is 20.8. The smallest absolute Gasteiger partial charge is 0.265 e. The van der Waals surface area contributed by atoms with Gasteiger partial charge >= 0.3 is 0 Å². The molecule has 152 valence electrons. The van der Waals surface area contributed by atoms with Crippen molar-refractivity contribution in [2.45, 2.75) is 25.0 Å². The summed E-state index contributed by atoms with van der Waals surface area (Å²) in [6, 6.07) is 10.3. The molecule has 3 heterocycles. The zero-order chi connectivity index (χ0) is 20.5. The van der Waals surface area contributed by atoms with E-state index in [0.717, 1.165) is 6.42 Å². The zero-order valence-corrected chi connectivity index (χ0v) is 17.2. The fraction of sp³-hybridized carbons (Fsp3) is 0.381. The van der Waals surface area contributed by atoms with E-state index in [-0.39, 0.29) is 24.3 Å². The van der Waals surface area contributed by atoms with Crippen LogP contribution in [0.2, 0.25) is 0 Å². The van der Waals surface area contributed by atoms with Crippen LogP contribution in [0.3, 0.4) is 0 Å². The van der Waals surface area contributed by atoms with Crippen LogP contribution in [0.15, 0.2) is 41.8 Å². The van der Waals surface area contributed by atoms with Crippen molar-refractivity contribution in [3.8, 4) is 5.75 Å². The summed E-state index contributed by atoms with van der Waals surface area (Å²) in [6.07, 6.45) is 0.619. The number of nitrogens with zero attached hydrogens (tertiary/aromatic N) is 3. The highest BCUT2D eigenvalue weighted by Gasteiger charge is 2.41. The monoisotopic (exact) mass is 413 g/mol. The second-order valence-electron chi connectivity index (χ2n) is 7.39. The van der Waals surface area contributed by atoms with E-state index in [1.54, 1.807) is 36.0 Å². The zero-order valence-electron chi connectivity index (χ0n) is 16.4. The number of likely N-dealkylation sites (tertiary alicyclic amines) is 1. The van der Waals surface area contributed by atoms with Gasteiger partial charge in [0.15, 0.2) is 6.10 Å². The minimum atomic E-state index is -0.772. The Morgan fingerprint density at radius 2 is 1.93 bits per heavy atom. The first-order valence-electron chi connectivity index (χ1n) is 9.60. The Balaban J connectivity index is 1.62. The maximum atomic E-state index is 13.5. The quantitative estimate of drug-likeness (QED) is 0.774. The van der Waals surface area contributed by atoms with Crippen LogP contribution in [0.25, 0.3) is 0 Å². The molecule has 1 fully saturated rings. The molecule has 2 atom stereocenters. The van der Waals surface area contributed by atoms with Gasteiger partial charge in [0.05, 0.1) is 17.1 Å². The average molecular weight is 413 g/mol. The van der Waals surface area contributed by atoms with Crippen molar-refractivity contribution in [1.82, 2.24) is 9.80 Å². The van der Waals surface area contributed by atoms with Gasteiger partial charge in [-0.15, -0.1) is 11.3 Å². The standard InChI is InChI=1S/C21H23N3O4S/c1-22(2)20(26)17-13-24(14-7-3-4-9-16(14)28-17)19(25)15-8-5-11-23(15)21(27)18-10-6-12-29-18/h3-4,6-7,9-10,12,15,17H,5,8,11,13H2,1-2H3/t15-,17+/m0/s1. The van der Waals surface area contributed by atoms with E-state index in [0.29, 0.717) is 29.3 Å². The number of rotatable bonds is 3. The minimum absolute atomic E-state index is 0.113. The van der Waals surface area contributed by atoms with Gasteiger partial charge in [-0.25, -0.2) is 0 Å². The number of anilines is 1. The minimum Gasteiger partial charge on any atom is -0.476 e. The molecule has 29 heavy (non-hydrogen) atoms. The third-order valence-electron chi connectivity index (χ3n) is 5.29. The fourth-order valence-electron chi connectivity index (χ4n) is 3.85. The van der Waals surface area contributed by atoms with Crippen molar-refractivity contribution in [2.75, 3.05) is 32.1 Å². The first-order chi connectivity index (χ1) is 14.0. The Hall–Kier alpha value is -2.87. The van der Waals surface area contributed by atoms with Gasteiger partial charge in [-0.3, -0.25) is 14.4 Å². The molecule has 1 aromatic carbocycles. The van der Waals surface area contributed by atoms with Crippen LogP contribution in [0.1, 0.15) is 22.5 Å². The summed E-state index contributed by atoms with van der Waals surface area (Å²) in [4.78, 5) is 44.3. The van der Waals surface area contributed by atoms with E-state index in [9.17, 15) is 14.4 Å². The third kappa shape index (κ3) is 3.60. The van der Waals surface area contributed by atoms with Crippen molar-refractivity contribution >= 4 is 34.7 Å². The van der Waals surface area contributed by atoms with Gasteiger partial charge in [0.25, 0.3) is 11.8 Å². The molecule has 3 amide bonds. The van der Waals surface area contributed by atoms with Gasteiger partial charge in [0.1, 0.15) is 11.8 Å². The predicted octanol–water partition coefficient (Wildman–Crippen LogP) is 2.24. The summed E-state index contributed by atoms with van der Waals surface area (Å²) in [5.74, 6) is 0.0229. The lowest BCUT2D eigenvalue weighted by molar-refractivity contribution is -0.136. The number of carbonyl (C=O) groups excluding carboxylic acids is 3. The number of ether oxygens (including phenoxy) is 1. The maximum Gasteiger partial charge on any atom is 0.265 e. The largest absolute Gasteiger partial charge is 0.476 e. The molecule has 4 rings (SSSR count). The Kier molecular flexibility index (Phi) is 5.27. The van der Waals surface area contributed by atoms with Crippen molar-refractivity contribution < 1.29 is 19.1 Å². The van der Waals surface area contributed by atoms with Crippen molar-refractivity contribution in [3.63, 3.8) is 0 Å². The molecule has 0 saturated carbocycles. The van der Waals surface area contributed by atoms with Crippen molar-refractivity contribution in [2.24, 2.45) is 0 Å². The number of likely N-dealkylation sites (N-methyl/N-ethyl adjacent to an activating group) is 1. The fourth-order valence-corrected chi connectivity index (χ4v) is 4.53. The molecule has 2 aliphatic rings. The molecule has 0 aliphatic carbocycles. The lowest BCUT2D eigenvalue weighted by Gasteiger charge is -2.37. The summed E-state index contributed by atoms with van der Waals surface area (Å²) in [7, 11) is 3.33. The molecule has 1 aromatic heterocycles. The predicted molar refractivity (Wildman–Crippen MR) is 110 cm³/mol. The van der Waals surface area contributed by atoms with Crippen LogP contribution >= 0.6 is 11.3 Å². The highest BCUT2D eigenvalue weighted by atomic mass is 32.1. The molecule has 7 nitrogen and oxygen atoms in total. The molecule has 0 N–H and O–H groups in total. The summed E-state index contributed by atoms with van der Waals surface area (Å²) >= 11 is 1.38. The molecule has 2 aliphatic heterocycles. The van der Waals surface area contributed by atoms with Crippen LogP contribution in [0.4, 0.5) is 5.69 Å². The van der Waals surface area contributed by atoms with Gasteiger partial charge in [-0.1, -0.05) is 18.2 Å². The van der Waals surface area contributed by atoms with Crippen LogP contribution in [0.5, 0.6) is 5.75 Å². The van der Waals surface area contributed by atoms with Crippen molar-refractivity contribution in [3.05, 3.63) is 46.7 Å². The molecule has 2 aromatic rings. The van der Waals surface area contributed by atoms with Crippen LogP contribution in [-0.4, -0.2) is 66.9 Å². The molecule has 8 heteroatoms. The Labute approximate surface area is 173 Å². The van der Waals surface area contributed by atoms with Gasteiger partial charge in [-0.2, -0.15) is 0 Å². The number of hydrogen-bond acceptors (Lipinski definition) is 5. The lowest BCUT2D eigenvalue weighted by Crippen LogP contribution is -2.55. The van der Waals surface area contributed by atoms with E-state index in [1.165, 1.54) is 16.2 Å². The van der Waals surface area contributed by atoms with Crippen LogP contribution in [0, 0.1) is 0 Å². The van der Waals surface area contributed by atoms with E-state index in [1.807, 2.05) is 29.6 Å². The number of para-hydroxylation sites is 2. The molecular formula is C21H23N3O4S. The van der Waals surface area contributed by atoms with Crippen LogP contribution < -0.4 is 9.64 Å². The third-order valence-corrected chi connectivity index (χ3v) is 6.14. The SMILES string of the molecule is CN(C)C(=O)[C@H]1CN(C(=O)[C@@H]2CCCN2C(=O)c2cccs2)c2ccccc2O1. The van der Waals surface area contributed by atoms with Gasteiger partial charge < -0.3 is 19.4 Å². The maximum absolute atomic E-state index is 13.5. The molecular weight excluding hydrogens is 390 g/mol. The van der Waals surface area contributed by atoms with E-state index >= 15 is 0 Å². The van der Waals surface area contributed by atoms with Gasteiger partial charge in [0, 0.05) is 20.6 Å². The summed E-state index contributed by atoms with van der Waals surface area (Å²) < 4.78 is 5.87. The first kappa shape index (κ1) is 19.4. The summed E-state index contributed by atoms with van der Waals surface area (Å²) in [5.41, 5.74) is 0.635. The lowest BCUT2D eigenvalue weighted by atomic mass is 10.1. The highest BCUT2D eigenvalue weighted by Crippen LogP contribution is 2.35. The Bertz CT molecular complexity index is 928. The first-order valence-corrected chi connectivity index (χ1v) is 10.5. The topological polar surface area (TPSA) is 70.2 Å². The average Bonchev–Trinajstić information content (AvgIpc) is 3.43. The van der Waals surface area contributed by atoms with E-state index < -0.39 is 12.1 Å². The summed E-state index contributed by atoms with van der Waals surface area (Å²) in [6.45, 7) is 0.684. The van der Waals surface area contributed by atoms with Gasteiger partial charge in [-0.05, 0) is 36.4 Å². The summed E-state index contributed by atoms with van der Waals surface area (Å²) in [5, 5.41) is 1.86. The molecule has 0 unspecified atom stereocenters. The molecule has 0 radical (unpaired) electrons. The van der Waals surface area contributed by atoms with Crippen LogP contribution in [-0.2, 0) is 9.59 Å². The molecule has 0 spiro atoms. The number of fused-ring (bicyclic) bond motifs is 1. The van der Waals surface area contributed by atoms with Crippen molar-refractivity contribution in [1.29, 1.82) is 0 Å². The number of hydrogen-bond donors (Lipinski definition) is 0. The number of benzene rings is 1. The highest BCUT2D eigenvalue weighted by molar-refractivity contribution is 7.12. The molecule has 0 bridgehead atoms. The van der Waals surface area contributed by atoms with E-state index in [4.69, 9.17) is 4.74 Å². The Morgan fingerprint density at radius 1 is 1.14 bits per heavy atom. The second-order valence-corrected chi connectivity index (χ2v) is 8.34. The number of thiophene rings is 1. The number of amides is 3.